The van der Waals surface area contributed by atoms with Crippen LogP contribution in [0.5, 0.6) is 5.75 Å². The number of allylic oxidation sites excluding steroid dienone is 2. The van der Waals surface area contributed by atoms with E-state index in [0.717, 1.165) is 18.2 Å². The molecule has 0 saturated heterocycles. The Labute approximate surface area is 148 Å². The second-order valence-electron chi connectivity index (χ2n) is 5.82. The molecule has 0 aromatic heterocycles. The molecule has 1 aromatic carbocycles. The zero-order chi connectivity index (χ0) is 16.5. The van der Waals surface area contributed by atoms with E-state index in [-0.39, 0.29) is 52.5 Å². The fourth-order valence-electron chi connectivity index (χ4n) is 2.17. The summed E-state index contributed by atoms with van der Waals surface area (Å²) >= 11 is 0. The standard InChI is InChI=1S/C14H15N3O5.Cu.H2O/c1-14(2)6-11(19)13(12(20)7-14)16-15-9-4-3-8(17(21)22)5-10(9)18;;/h3-5,18-19H,6-7H2,1-2H3;;1H2/q;+2;/p-1. The van der Waals surface area contributed by atoms with E-state index in [1.165, 1.54) is 0 Å². The smallest absolute Gasteiger partial charge is 0.874 e. The molecule has 133 valence electrons. The molecule has 0 atom stereocenters. The summed E-state index contributed by atoms with van der Waals surface area (Å²) < 4.78 is 0. The summed E-state index contributed by atoms with van der Waals surface area (Å²) in [5.41, 5.74) is -1.21. The number of carbonyl (C=O) groups is 1. The van der Waals surface area contributed by atoms with Crippen LogP contribution in [0.4, 0.5) is 11.4 Å². The Balaban J connectivity index is 0.00000264. The number of nitro groups is 1. The van der Waals surface area contributed by atoms with Crippen molar-refractivity contribution < 1.29 is 42.5 Å². The van der Waals surface area contributed by atoms with Crippen molar-refractivity contribution in [3.8, 4) is 5.75 Å². The first-order valence-corrected chi connectivity index (χ1v) is 6.50. The molecule has 2 rings (SSSR count). The fourth-order valence-corrected chi connectivity index (χ4v) is 2.17. The minimum Gasteiger partial charge on any atom is -0.874 e. The molecule has 0 spiro atoms. The molecule has 0 saturated carbocycles. The summed E-state index contributed by atoms with van der Waals surface area (Å²) in [4.78, 5) is 21.7. The van der Waals surface area contributed by atoms with Crippen LogP contribution in [0, 0.1) is 15.5 Å². The van der Waals surface area contributed by atoms with Gasteiger partial charge in [0.15, 0.2) is 5.78 Å². The molecule has 0 heterocycles. The Morgan fingerprint density at radius 3 is 2.29 bits per heavy atom. The van der Waals surface area contributed by atoms with Crippen molar-refractivity contribution >= 4 is 17.2 Å². The van der Waals surface area contributed by atoms with Gasteiger partial charge < -0.3 is 15.7 Å². The molecule has 0 fully saturated rings. The average molecular weight is 386 g/mol. The zero-order valence-corrected chi connectivity index (χ0v) is 13.8. The van der Waals surface area contributed by atoms with E-state index in [1.807, 2.05) is 13.8 Å². The Hall–Kier alpha value is -2.29. The van der Waals surface area contributed by atoms with Gasteiger partial charge in [0.25, 0.3) is 5.69 Å². The summed E-state index contributed by atoms with van der Waals surface area (Å²) in [5.74, 6) is -1.53. The fraction of sp³-hybridized carbons (Fsp3) is 0.357. The van der Waals surface area contributed by atoms with Crippen molar-refractivity contribution in [3.05, 3.63) is 39.8 Å². The molecule has 3 N–H and O–H groups in total. The summed E-state index contributed by atoms with van der Waals surface area (Å²) in [6, 6.07) is 3.05. The molecule has 1 aliphatic carbocycles. The largest absolute Gasteiger partial charge is 2.00 e. The average Bonchev–Trinajstić information content (AvgIpc) is 2.37. The summed E-state index contributed by atoms with van der Waals surface area (Å²) in [6.45, 7) is 3.62. The van der Waals surface area contributed by atoms with Crippen LogP contribution in [-0.2, 0) is 27.3 Å². The van der Waals surface area contributed by atoms with Gasteiger partial charge >= 0.3 is 17.1 Å². The van der Waals surface area contributed by atoms with E-state index in [2.05, 4.69) is 10.2 Å². The molecule has 0 bridgehead atoms. The SMILES string of the molecule is CC1(C)CC(=O)C(N=Nc2ccc([N+](=O)[O-])cc2[O-])=C([O-])C1.[Cu+2].[OH3+]. The van der Waals surface area contributed by atoms with Gasteiger partial charge in [-0.2, -0.15) is 5.11 Å². The van der Waals surface area contributed by atoms with Crippen LogP contribution in [0.25, 0.3) is 0 Å². The molecule has 9 nitrogen and oxygen atoms in total. The van der Waals surface area contributed by atoms with E-state index in [0.29, 0.717) is 0 Å². The van der Waals surface area contributed by atoms with E-state index in [1.54, 1.807) is 0 Å². The Morgan fingerprint density at radius 2 is 1.79 bits per heavy atom. The molecule has 0 aliphatic heterocycles. The van der Waals surface area contributed by atoms with Gasteiger partial charge in [-0.3, -0.25) is 14.9 Å². The number of Topliss-reactive ketones (excluding diaryl/α,β-unsaturated/α-hetero) is 1. The predicted octanol–water partition coefficient (Wildman–Crippen LogP) is 0.789. The molecule has 0 unspecified atom stereocenters. The maximum Gasteiger partial charge on any atom is 2.00 e. The number of azo groups is 1. The van der Waals surface area contributed by atoms with Gasteiger partial charge in [-0.15, -0.1) is 5.11 Å². The van der Waals surface area contributed by atoms with E-state index >= 15 is 0 Å². The molecule has 10 heteroatoms. The number of hydrogen-bond acceptors (Lipinski definition) is 7. The number of ketones is 1. The first-order chi connectivity index (χ1) is 10.2. The minimum absolute atomic E-state index is 0. The van der Waals surface area contributed by atoms with Gasteiger partial charge in [0.05, 0.1) is 10.6 Å². The number of rotatable bonds is 3. The third-order valence-corrected chi connectivity index (χ3v) is 3.22. The zero-order valence-electron chi connectivity index (χ0n) is 12.9. The van der Waals surface area contributed by atoms with E-state index < -0.39 is 27.6 Å². The van der Waals surface area contributed by atoms with Crippen molar-refractivity contribution in [3.63, 3.8) is 0 Å². The van der Waals surface area contributed by atoms with Gasteiger partial charge in [-0.25, -0.2) is 0 Å². The van der Waals surface area contributed by atoms with Gasteiger partial charge in [-0.1, -0.05) is 25.4 Å². The normalized spacial score (nSPS) is 16.5. The van der Waals surface area contributed by atoms with Crippen LogP contribution in [0.3, 0.4) is 0 Å². The Morgan fingerprint density at radius 1 is 1.17 bits per heavy atom. The van der Waals surface area contributed by atoms with Crippen LogP contribution in [-0.4, -0.2) is 10.7 Å². The second kappa shape index (κ2) is 8.00. The van der Waals surface area contributed by atoms with Crippen LogP contribution in [0.15, 0.2) is 39.9 Å². The monoisotopic (exact) mass is 385 g/mol. The molecule has 1 radical (unpaired) electrons. The van der Waals surface area contributed by atoms with Crippen LogP contribution in [0.2, 0.25) is 0 Å². The molecular weight excluding hydrogens is 370 g/mol. The van der Waals surface area contributed by atoms with Crippen LogP contribution >= 0.6 is 0 Å². The minimum atomic E-state index is -0.701. The van der Waals surface area contributed by atoms with Gasteiger partial charge in [-0.05, 0) is 17.9 Å². The predicted molar refractivity (Wildman–Crippen MR) is 77.0 cm³/mol. The molecular formula is C14H16CuN3O6+. The molecule has 24 heavy (non-hydrogen) atoms. The number of nitro benzene ring substituents is 1. The third-order valence-electron chi connectivity index (χ3n) is 3.22. The quantitative estimate of drug-likeness (QED) is 0.246. The number of nitrogens with zero attached hydrogens (tertiary/aromatic N) is 3. The summed E-state index contributed by atoms with van der Waals surface area (Å²) in [6.07, 6.45) is 0.356. The number of non-ortho nitro benzene ring substituents is 1. The maximum absolute atomic E-state index is 11.9. The number of benzene rings is 1. The van der Waals surface area contributed by atoms with Gasteiger partial charge in [0, 0.05) is 18.6 Å². The van der Waals surface area contributed by atoms with E-state index in [9.17, 15) is 25.1 Å². The third kappa shape index (κ3) is 4.85. The maximum atomic E-state index is 11.9. The number of hydrogen-bond donors (Lipinski definition) is 0. The topological polar surface area (TPSA) is 164 Å². The summed E-state index contributed by atoms with van der Waals surface area (Å²) in [5, 5.41) is 41.3. The van der Waals surface area contributed by atoms with E-state index in [4.69, 9.17) is 0 Å². The van der Waals surface area contributed by atoms with Gasteiger partial charge in [0.1, 0.15) is 5.70 Å². The Kier molecular flexibility index (Phi) is 7.24. The molecule has 1 aliphatic rings. The first-order valence-electron chi connectivity index (χ1n) is 6.50. The number of carbonyl (C=O) groups excluding carboxylic acids is 1. The van der Waals surface area contributed by atoms with Gasteiger partial charge in [0.2, 0.25) is 0 Å². The second-order valence-corrected chi connectivity index (χ2v) is 5.82. The van der Waals surface area contributed by atoms with Crippen molar-refractivity contribution in [2.75, 3.05) is 0 Å². The van der Waals surface area contributed by atoms with Crippen molar-refractivity contribution in [1.29, 1.82) is 0 Å². The Bertz CT molecular complexity index is 714. The van der Waals surface area contributed by atoms with Crippen molar-refractivity contribution in [1.82, 2.24) is 0 Å². The molecule has 1 aromatic rings. The van der Waals surface area contributed by atoms with Crippen LogP contribution < -0.4 is 10.2 Å². The van der Waals surface area contributed by atoms with Crippen molar-refractivity contribution in [2.24, 2.45) is 15.6 Å². The molecule has 0 amide bonds. The summed E-state index contributed by atoms with van der Waals surface area (Å²) in [7, 11) is 0. The first kappa shape index (κ1) is 21.7. The van der Waals surface area contributed by atoms with Crippen molar-refractivity contribution in [2.45, 2.75) is 26.7 Å². The van der Waals surface area contributed by atoms with Crippen LogP contribution in [0.1, 0.15) is 26.7 Å².